The van der Waals surface area contributed by atoms with E-state index in [2.05, 4.69) is 86.0 Å². The number of hydrogen-bond acceptors (Lipinski definition) is 0. The second kappa shape index (κ2) is 5.83. The normalized spacial score (nSPS) is 11.5. The Bertz CT molecular complexity index is 1020. The average molecular weight is 313 g/mol. The van der Waals surface area contributed by atoms with Crippen LogP contribution in [0, 0.1) is 6.92 Å². The highest BCUT2D eigenvalue weighted by molar-refractivity contribution is 6.15. The van der Waals surface area contributed by atoms with E-state index in [1.54, 1.807) is 0 Å². The Labute approximate surface area is 143 Å². The molecule has 4 rings (SSSR count). The maximum atomic E-state index is 2.45. The molecule has 0 unspecified atom stereocenters. The Morgan fingerprint density at radius 1 is 0.833 bits per heavy atom. The number of rotatable bonds is 3. The molecule has 1 aromatic heterocycles. The largest absolute Gasteiger partial charge is 0.341 e. The van der Waals surface area contributed by atoms with Crippen LogP contribution >= 0.6 is 0 Å². The molecular formula is C23H23N. The molecule has 0 fully saturated rings. The molecule has 0 saturated heterocycles. The molecule has 4 aromatic rings. The van der Waals surface area contributed by atoms with Crippen LogP contribution in [0.2, 0.25) is 0 Å². The second-order valence-corrected chi connectivity index (χ2v) is 6.52. The fraction of sp³-hybridized carbons (Fsp3) is 0.217. The number of aromatic nitrogens is 1. The Morgan fingerprint density at radius 3 is 2.33 bits per heavy atom. The summed E-state index contributed by atoms with van der Waals surface area (Å²) in [7, 11) is 0. The lowest BCUT2D eigenvalue weighted by atomic mass is 9.96. The summed E-state index contributed by atoms with van der Waals surface area (Å²) >= 11 is 0. The van der Waals surface area contributed by atoms with Crippen molar-refractivity contribution < 1.29 is 0 Å². The molecule has 1 heterocycles. The van der Waals surface area contributed by atoms with Crippen LogP contribution in [0.4, 0.5) is 0 Å². The molecule has 0 aliphatic carbocycles. The molecule has 0 radical (unpaired) electrons. The SMILES string of the molecule is CCc1cc(-c2ccccc2)c2c3cc(C)ccc3n(CC)c2c1. The molecule has 0 bridgehead atoms. The predicted molar refractivity (Wildman–Crippen MR) is 105 cm³/mol. The number of fused-ring (bicyclic) bond motifs is 3. The molecule has 0 atom stereocenters. The van der Waals surface area contributed by atoms with E-state index in [1.807, 2.05) is 0 Å². The van der Waals surface area contributed by atoms with Crippen molar-refractivity contribution >= 4 is 21.8 Å². The van der Waals surface area contributed by atoms with Crippen LogP contribution in [-0.2, 0) is 13.0 Å². The van der Waals surface area contributed by atoms with Crippen LogP contribution in [-0.4, -0.2) is 4.57 Å². The zero-order valence-corrected chi connectivity index (χ0v) is 14.6. The Morgan fingerprint density at radius 2 is 1.62 bits per heavy atom. The Kier molecular flexibility index (Phi) is 3.65. The van der Waals surface area contributed by atoms with Gasteiger partial charge in [0.15, 0.2) is 0 Å². The summed E-state index contributed by atoms with van der Waals surface area (Å²) in [5.74, 6) is 0. The van der Waals surface area contributed by atoms with Crippen LogP contribution in [0.15, 0.2) is 60.7 Å². The van der Waals surface area contributed by atoms with Crippen LogP contribution in [0.5, 0.6) is 0 Å². The van der Waals surface area contributed by atoms with E-state index in [9.17, 15) is 0 Å². The van der Waals surface area contributed by atoms with E-state index in [0.29, 0.717) is 0 Å². The quantitative estimate of drug-likeness (QED) is 0.415. The van der Waals surface area contributed by atoms with Crippen molar-refractivity contribution in [2.24, 2.45) is 0 Å². The monoisotopic (exact) mass is 313 g/mol. The van der Waals surface area contributed by atoms with Crippen molar-refractivity contribution in [3.8, 4) is 11.1 Å². The molecule has 0 N–H and O–H groups in total. The highest BCUT2D eigenvalue weighted by Gasteiger charge is 2.15. The van der Waals surface area contributed by atoms with Crippen LogP contribution in [0.3, 0.4) is 0 Å². The zero-order chi connectivity index (χ0) is 16.7. The van der Waals surface area contributed by atoms with Crippen molar-refractivity contribution in [2.75, 3.05) is 0 Å². The average Bonchev–Trinajstić information content (AvgIpc) is 2.94. The maximum absolute atomic E-state index is 2.45. The predicted octanol–water partition coefficient (Wildman–Crippen LogP) is 6.35. The van der Waals surface area contributed by atoms with Gasteiger partial charge in [0.05, 0.1) is 0 Å². The highest BCUT2D eigenvalue weighted by atomic mass is 15.0. The summed E-state index contributed by atoms with van der Waals surface area (Å²) in [5.41, 5.74) is 8.06. The second-order valence-electron chi connectivity index (χ2n) is 6.52. The first-order chi connectivity index (χ1) is 11.7. The lowest BCUT2D eigenvalue weighted by Gasteiger charge is -2.09. The first kappa shape index (κ1) is 15.0. The molecule has 3 aromatic carbocycles. The molecule has 0 amide bonds. The maximum Gasteiger partial charge on any atom is 0.0500 e. The van der Waals surface area contributed by atoms with Gasteiger partial charge in [-0.2, -0.15) is 0 Å². The molecular weight excluding hydrogens is 290 g/mol. The topological polar surface area (TPSA) is 4.93 Å². The standard InChI is InChI=1S/C23H23N/c1-4-17-14-19(18-9-7-6-8-10-18)23-20-13-16(3)11-12-21(20)24(5-2)22(23)15-17/h6-15H,4-5H2,1-3H3. The van der Waals surface area contributed by atoms with E-state index in [1.165, 1.54) is 44.1 Å². The molecule has 1 nitrogen and oxygen atoms in total. The minimum Gasteiger partial charge on any atom is -0.341 e. The van der Waals surface area contributed by atoms with Gasteiger partial charge >= 0.3 is 0 Å². The zero-order valence-electron chi connectivity index (χ0n) is 14.6. The van der Waals surface area contributed by atoms with E-state index >= 15 is 0 Å². The van der Waals surface area contributed by atoms with Gasteiger partial charge in [0, 0.05) is 28.4 Å². The van der Waals surface area contributed by atoms with Crippen LogP contribution in [0.25, 0.3) is 32.9 Å². The molecule has 0 spiro atoms. The fourth-order valence-corrected chi connectivity index (χ4v) is 3.79. The van der Waals surface area contributed by atoms with Gasteiger partial charge in [-0.25, -0.2) is 0 Å². The third-order valence-electron chi connectivity index (χ3n) is 4.99. The van der Waals surface area contributed by atoms with Gasteiger partial charge < -0.3 is 4.57 Å². The van der Waals surface area contributed by atoms with E-state index < -0.39 is 0 Å². The van der Waals surface area contributed by atoms with E-state index in [0.717, 1.165) is 13.0 Å². The molecule has 120 valence electrons. The minimum atomic E-state index is 0.991. The van der Waals surface area contributed by atoms with E-state index in [4.69, 9.17) is 0 Å². The molecule has 1 heteroatoms. The lowest BCUT2D eigenvalue weighted by molar-refractivity contribution is 0.826. The molecule has 0 saturated carbocycles. The van der Waals surface area contributed by atoms with Crippen molar-refractivity contribution in [2.45, 2.75) is 33.7 Å². The fourth-order valence-electron chi connectivity index (χ4n) is 3.79. The van der Waals surface area contributed by atoms with Crippen molar-refractivity contribution in [1.82, 2.24) is 4.57 Å². The van der Waals surface area contributed by atoms with Gasteiger partial charge in [0.25, 0.3) is 0 Å². The van der Waals surface area contributed by atoms with Crippen molar-refractivity contribution in [3.05, 3.63) is 71.8 Å². The Hall–Kier alpha value is -2.54. The first-order valence-corrected chi connectivity index (χ1v) is 8.83. The lowest BCUT2D eigenvalue weighted by Crippen LogP contribution is -1.94. The number of benzene rings is 3. The first-order valence-electron chi connectivity index (χ1n) is 8.83. The van der Waals surface area contributed by atoms with Gasteiger partial charge in [0.2, 0.25) is 0 Å². The van der Waals surface area contributed by atoms with Crippen molar-refractivity contribution in [3.63, 3.8) is 0 Å². The summed E-state index contributed by atoms with van der Waals surface area (Å²) in [6, 6.07) is 22.4. The summed E-state index contributed by atoms with van der Waals surface area (Å²) in [6.45, 7) is 7.64. The summed E-state index contributed by atoms with van der Waals surface area (Å²) in [6.07, 6.45) is 1.06. The number of aryl methyl sites for hydroxylation is 3. The van der Waals surface area contributed by atoms with Gasteiger partial charge in [0.1, 0.15) is 0 Å². The Balaban J connectivity index is 2.22. The summed E-state index contributed by atoms with van der Waals surface area (Å²) in [4.78, 5) is 0. The van der Waals surface area contributed by atoms with Crippen LogP contribution < -0.4 is 0 Å². The molecule has 0 aliphatic heterocycles. The van der Waals surface area contributed by atoms with Gasteiger partial charge in [-0.3, -0.25) is 0 Å². The van der Waals surface area contributed by atoms with Gasteiger partial charge in [-0.1, -0.05) is 55.0 Å². The van der Waals surface area contributed by atoms with Crippen LogP contribution in [0.1, 0.15) is 25.0 Å². The van der Waals surface area contributed by atoms with Gasteiger partial charge in [-0.15, -0.1) is 0 Å². The number of hydrogen-bond donors (Lipinski definition) is 0. The third-order valence-corrected chi connectivity index (χ3v) is 4.99. The summed E-state index contributed by atoms with van der Waals surface area (Å²) < 4.78 is 2.45. The third kappa shape index (κ3) is 2.24. The molecule has 0 aliphatic rings. The minimum absolute atomic E-state index is 0.991. The smallest absolute Gasteiger partial charge is 0.0500 e. The van der Waals surface area contributed by atoms with Gasteiger partial charge in [-0.05, 0) is 55.2 Å². The highest BCUT2D eigenvalue weighted by Crippen LogP contribution is 2.38. The van der Waals surface area contributed by atoms with E-state index in [-0.39, 0.29) is 0 Å². The molecule has 24 heavy (non-hydrogen) atoms. The number of nitrogens with zero attached hydrogens (tertiary/aromatic N) is 1. The summed E-state index contributed by atoms with van der Waals surface area (Å²) in [5, 5.41) is 2.76. The van der Waals surface area contributed by atoms with Crippen molar-refractivity contribution in [1.29, 1.82) is 0 Å².